The molecule has 5 heteroatoms. The summed E-state index contributed by atoms with van der Waals surface area (Å²) in [5.74, 6) is 0.504. The van der Waals surface area contributed by atoms with E-state index >= 15 is 0 Å². The van der Waals surface area contributed by atoms with E-state index in [4.69, 9.17) is 16.3 Å². The van der Waals surface area contributed by atoms with Gasteiger partial charge in [0.05, 0.1) is 24.1 Å². The van der Waals surface area contributed by atoms with E-state index in [-0.39, 0.29) is 5.91 Å². The molecular formula is C18H17ClN2O2. The second-order valence-electron chi connectivity index (χ2n) is 5.48. The van der Waals surface area contributed by atoms with Crippen LogP contribution in [-0.4, -0.2) is 32.0 Å². The summed E-state index contributed by atoms with van der Waals surface area (Å²) in [7, 11) is 5.37. The number of hydrogen-bond donors (Lipinski definition) is 0. The number of hydrogen-bond acceptors (Lipinski definition) is 3. The highest BCUT2D eigenvalue weighted by molar-refractivity contribution is 6.36. The number of methoxy groups -OCH3 is 1. The van der Waals surface area contributed by atoms with E-state index in [0.717, 1.165) is 11.3 Å². The van der Waals surface area contributed by atoms with Gasteiger partial charge in [0, 0.05) is 30.9 Å². The van der Waals surface area contributed by atoms with Crippen LogP contribution in [0.3, 0.4) is 0 Å². The zero-order valence-electron chi connectivity index (χ0n) is 13.2. The maximum atomic E-state index is 13.0. The van der Waals surface area contributed by atoms with Crippen LogP contribution >= 0.6 is 11.6 Å². The first-order valence-electron chi connectivity index (χ1n) is 7.18. The molecule has 2 aromatic rings. The van der Waals surface area contributed by atoms with E-state index in [9.17, 15) is 4.79 Å². The van der Waals surface area contributed by atoms with E-state index < -0.39 is 0 Å². The maximum Gasteiger partial charge on any atom is 0.265 e. The molecule has 0 fully saturated rings. The third-order valence-electron chi connectivity index (χ3n) is 3.64. The molecule has 0 radical (unpaired) electrons. The van der Waals surface area contributed by atoms with Crippen molar-refractivity contribution >= 4 is 34.5 Å². The Morgan fingerprint density at radius 2 is 1.87 bits per heavy atom. The van der Waals surface area contributed by atoms with Crippen LogP contribution in [0.2, 0.25) is 5.02 Å². The summed E-state index contributed by atoms with van der Waals surface area (Å²) in [5, 5.41) is 0.552. The van der Waals surface area contributed by atoms with Crippen molar-refractivity contribution in [2.75, 3.05) is 26.1 Å². The largest absolute Gasteiger partial charge is 0.495 e. The summed E-state index contributed by atoms with van der Waals surface area (Å²) in [6.45, 7) is 0. The predicted molar refractivity (Wildman–Crippen MR) is 93.3 cm³/mol. The quantitative estimate of drug-likeness (QED) is 0.800. The Bertz CT molecular complexity index is 799. The summed E-state index contributed by atoms with van der Waals surface area (Å²) >= 11 is 6.13. The van der Waals surface area contributed by atoms with E-state index in [1.54, 1.807) is 30.2 Å². The Labute approximate surface area is 140 Å². The minimum Gasteiger partial charge on any atom is -0.495 e. The number of ether oxygens (including phenoxy) is 1. The van der Waals surface area contributed by atoms with Gasteiger partial charge in [-0.25, -0.2) is 0 Å². The number of nitrogens with zero attached hydrogens (tertiary/aromatic N) is 2. The Balaban J connectivity index is 2.22. The van der Waals surface area contributed by atoms with Crippen LogP contribution in [0, 0.1) is 0 Å². The number of amides is 1. The first-order valence-corrected chi connectivity index (χ1v) is 7.56. The first kappa shape index (κ1) is 15.4. The van der Waals surface area contributed by atoms with Crippen LogP contribution in [0.4, 0.5) is 11.4 Å². The maximum absolute atomic E-state index is 13.0. The number of carbonyl (C=O) groups is 1. The Hall–Kier alpha value is -2.46. The lowest BCUT2D eigenvalue weighted by molar-refractivity contribution is -0.112. The van der Waals surface area contributed by atoms with E-state index in [2.05, 4.69) is 0 Å². The smallest absolute Gasteiger partial charge is 0.265 e. The normalized spacial score (nSPS) is 15.0. The topological polar surface area (TPSA) is 32.8 Å². The van der Waals surface area contributed by atoms with Crippen molar-refractivity contribution in [2.45, 2.75) is 0 Å². The van der Waals surface area contributed by atoms with Gasteiger partial charge in [-0.15, -0.1) is 0 Å². The third-order valence-corrected chi connectivity index (χ3v) is 3.87. The van der Waals surface area contributed by atoms with Gasteiger partial charge in [0.25, 0.3) is 5.91 Å². The second kappa shape index (κ2) is 5.97. The Kier molecular flexibility index (Phi) is 4.01. The number of carbonyl (C=O) groups excluding carboxylic acids is 1. The molecule has 118 valence electrons. The SMILES string of the molecule is COc1ccc(Cl)cc1N1C(=O)C(=CN(C)C)c2ccccc21. The van der Waals surface area contributed by atoms with Gasteiger partial charge in [0.1, 0.15) is 5.75 Å². The lowest BCUT2D eigenvalue weighted by Gasteiger charge is -2.20. The van der Waals surface area contributed by atoms with Gasteiger partial charge in [-0.2, -0.15) is 0 Å². The van der Waals surface area contributed by atoms with Crippen molar-refractivity contribution in [2.24, 2.45) is 0 Å². The summed E-state index contributed by atoms with van der Waals surface area (Å²) in [6.07, 6.45) is 1.83. The van der Waals surface area contributed by atoms with Gasteiger partial charge in [-0.1, -0.05) is 29.8 Å². The highest BCUT2D eigenvalue weighted by atomic mass is 35.5. The average Bonchev–Trinajstić information content (AvgIpc) is 2.79. The van der Waals surface area contributed by atoms with Crippen LogP contribution in [0.1, 0.15) is 5.56 Å². The van der Waals surface area contributed by atoms with Crippen LogP contribution in [0.15, 0.2) is 48.7 Å². The molecule has 0 atom stereocenters. The van der Waals surface area contributed by atoms with Crippen molar-refractivity contribution in [1.29, 1.82) is 0 Å². The molecule has 0 unspecified atom stereocenters. The Morgan fingerprint density at radius 3 is 2.57 bits per heavy atom. The van der Waals surface area contributed by atoms with E-state index in [0.29, 0.717) is 22.0 Å². The van der Waals surface area contributed by atoms with Crippen molar-refractivity contribution in [3.05, 3.63) is 59.3 Å². The van der Waals surface area contributed by atoms with Crippen LogP contribution in [-0.2, 0) is 4.79 Å². The number of benzene rings is 2. The van der Waals surface area contributed by atoms with Crippen molar-refractivity contribution < 1.29 is 9.53 Å². The molecule has 0 saturated heterocycles. The predicted octanol–water partition coefficient (Wildman–Crippen LogP) is 3.93. The van der Waals surface area contributed by atoms with Crippen molar-refractivity contribution in [3.63, 3.8) is 0 Å². The molecule has 0 aromatic heterocycles. The minimum absolute atomic E-state index is 0.0968. The number of para-hydroxylation sites is 1. The molecule has 3 rings (SSSR count). The molecule has 0 aliphatic carbocycles. The van der Waals surface area contributed by atoms with Gasteiger partial charge in [0.15, 0.2) is 0 Å². The summed E-state index contributed by atoms with van der Waals surface area (Å²) < 4.78 is 5.41. The molecule has 4 nitrogen and oxygen atoms in total. The third kappa shape index (κ3) is 2.66. The molecule has 1 heterocycles. The fraction of sp³-hybridized carbons (Fsp3) is 0.167. The zero-order chi connectivity index (χ0) is 16.6. The molecule has 0 bridgehead atoms. The fourth-order valence-electron chi connectivity index (χ4n) is 2.70. The van der Waals surface area contributed by atoms with Crippen molar-refractivity contribution in [1.82, 2.24) is 4.90 Å². The standard InChI is InChI=1S/C18H17ClN2O2/c1-20(2)11-14-13-6-4-5-7-15(13)21(18(14)22)16-10-12(19)8-9-17(16)23-3/h4-11H,1-3H3. The first-order chi connectivity index (χ1) is 11.0. The molecule has 0 N–H and O–H groups in total. The van der Waals surface area contributed by atoms with E-state index in [1.165, 1.54) is 0 Å². The highest BCUT2D eigenvalue weighted by Gasteiger charge is 2.35. The van der Waals surface area contributed by atoms with Gasteiger partial charge in [-0.3, -0.25) is 9.69 Å². The Morgan fingerprint density at radius 1 is 1.13 bits per heavy atom. The van der Waals surface area contributed by atoms with E-state index in [1.807, 2.05) is 49.5 Å². The second-order valence-corrected chi connectivity index (χ2v) is 5.92. The molecule has 23 heavy (non-hydrogen) atoms. The van der Waals surface area contributed by atoms with Crippen LogP contribution in [0.5, 0.6) is 5.75 Å². The number of rotatable bonds is 3. The van der Waals surface area contributed by atoms with Crippen LogP contribution in [0.25, 0.3) is 5.57 Å². The lowest BCUT2D eigenvalue weighted by Crippen LogP contribution is -2.21. The molecule has 1 aliphatic heterocycles. The molecule has 0 saturated carbocycles. The number of fused-ring (bicyclic) bond motifs is 1. The molecule has 0 spiro atoms. The lowest BCUT2D eigenvalue weighted by atomic mass is 10.1. The fourth-order valence-corrected chi connectivity index (χ4v) is 2.87. The number of halogens is 1. The highest BCUT2D eigenvalue weighted by Crippen LogP contribution is 2.45. The molecular weight excluding hydrogens is 312 g/mol. The minimum atomic E-state index is -0.0968. The van der Waals surface area contributed by atoms with Gasteiger partial charge < -0.3 is 9.64 Å². The van der Waals surface area contributed by atoms with Crippen LogP contribution < -0.4 is 9.64 Å². The van der Waals surface area contributed by atoms with Crippen molar-refractivity contribution in [3.8, 4) is 5.75 Å². The summed E-state index contributed by atoms with van der Waals surface area (Å²) in [5.41, 5.74) is 3.01. The number of anilines is 2. The average molecular weight is 329 g/mol. The monoisotopic (exact) mass is 328 g/mol. The summed E-state index contributed by atoms with van der Waals surface area (Å²) in [6, 6.07) is 13.0. The molecule has 2 aromatic carbocycles. The molecule has 1 aliphatic rings. The molecule has 1 amide bonds. The zero-order valence-corrected chi connectivity index (χ0v) is 14.0. The van der Waals surface area contributed by atoms with Gasteiger partial charge in [-0.05, 0) is 24.3 Å². The van der Waals surface area contributed by atoms with Gasteiger partial charge >= 0.3 is 0 Å². The summed E-state index contributed by atoms with van der Waals surface area (Å²) in [4.78, 5) is 16.5. The van der Waals surface area contributed by atoms with Gasteiger partial charge in [0.2, 0.25) is 0 Å².